The zero-order valence-corrected chi connectivity index (χ0v) is 13.7. The maximum atomic E-state index is 12.3. The maximum Gasteiger partial charge on any atom is 0.285 e. The number of hydrogen-bond acceptors (Lipinski definition) is 5. The molecule has 2 aliphatic heterocycles. The SMILES string of the molecule is O=C1c2ccccc2C(=O)N1CCCON1C(=O)c2ccccc2C1=O. The summed E-state index contributed by atoms with van der Waals surface area (Å²) in [5.41, 5.74) is 1.38. The predicted molar refractivity (Wildman–Crippen MR) is 89.3 cm³/mol. The van der Waals surface area contributed by atoms with Crippen LogP contribution in [0.1, 0.15) is 47.9 Å². The van der Waals surface area contributed by atoms with Crippen molar-refractivity contribution in [1.29, 1.82) is 0 Å². The first-order chi connectivity index (χ1) is 12.6. The molecule has 7 nitrogen and oxygen atoms in total. The van der Waals surface area contributed by atoms with Gasteiger partial charge in [0.15, 0.2) is 0 Å². The van der Waals surface area contributed by atoms with Crippen molar-refractivity contribution in [2.24, 2.45) is 0 Å². The Kier molecular flexibility index (Phi) is 3.85. The molecule has 0 radical (unpaired) electrons. The van der Waals surface area contributed by atoms with E-state index in [1.807, 2.05) is 0 Å². The Hall–Kier alpha value is -3.32. The number of imide groups is 2. The molecule has 0 saturated carbocycles. The number of benzene rings is 2. The number of carbonyl (C=O) groups excluding carboxylic acids is 4. The zero-order valence-electron chi connectivity index (χ0n) is 13.7. The van der Waals surface area contributed by atoms with Crippen LogP contribution in [0, 0.1) is 0 Å². The van der Waals surface area contributed by atoms with Crippen LogP contribution in [0.25, 0.3) is 0 Å². The first kappa shape index (κ1) is 16.2. The van der Waals surface area contributed by atoms with E-state index in [0.717, 1.165) is 9.96 Å². The second-order valence-corrected chi connectivity index (χ2v) is 5.94. The number of rotatable bonds is 5. The topological polar surface area (TPSA) is 84.0 Å². The van der Waals surface area contributed by atoms with Gasteiger partial charge < -0.3 is 0 Å². The van der Waals surface area contributed by atoms with Crippen molar-refractivity contribution in [2.45, 2.75) is 6.42 Å². The van der Waals surface area contributed by atoms with Crippen molar-refractivity contribution in [3.63, 3.8) is 0 Å². The van der Waals surface area contributed by atoms with Crippen LogP contribution in [0.15, 0.2) is 48.5 Å². The van der Waals surface area contributed by atoms with Gasteiger partial charge in [-0.25, -0.2) is 0 Å². The Morgan fingerprint density at radius 1 is 0.654 bits per heavy atom. The van der Waals surface area contributed by atoms with E-state index >= 15 is 0 Å². The minimum atomic E-state index is -0.508. The minimum absolute atomic E-state index is 0.0267. The highest BCUT2D eigenvalue weighted by Crippen LogP contribution is 2.24. The van der Waals surface area contributed by atoms with E-state index in [-0.39, 0.29) is 25.0 Å². The van der Waals surface area contributed by atoms with Gasteiger partial charge in [-0.05, 0) is 30.7 Å². The third kappa shape index (κ3) is 2.41. The monoisotopic (exact) mass is 350 g/mol. The fraction of sp³-hybridized carbons (Fsp3) is 0.158. The molecule has 0 atom stereocenters. The number of amides is 4. The molecule has 0 bridgehead atoms. The summed E-state index contributed by atoms with van der Waals surface area (Å²) in [6, 6.07) is 13.1. The molecule has 0 unspecified atom stereocenters. The fourth-order valence-corrected chi connectivity index (χ4v) is 3.11. The van der Waals surface area contributed by atoms with E-state index in [1.165, 1.54) is 0 Å². The molecule has 4 amide bonds. The molecule has 0 spiro atoms. The Balaban J connectivity index is 1.35. The van der Waals surface area contributed by atoms with Crippen LogP contribution in [0.3, 0.4) is 0 Å². The predicted octanol–water partition coefficient (Wildman–Crippen LogP) is 1.90. The molecule has 7 heteroatoms. The van der Waals surface area contributed by atoms with Crippen molar-refractivity contribution >= 4 is 23.6 Å². The molecular weight excluding hydrogens is 336 g/mol. The highest BCUT2D eigenvalue weighted by atomic mass is 16.7. The van der Waals surface area contributed by atoms with Crippen LogP contribution < -0.4 is 0 Å². The molecule has 0 saturated heterocycles. The molecule has 4 rings (SSSR count). The standard InChI is InChI=1S/C19H14N2O5/c22-16-12-6-1-2-7-13(12)17(23)20(16)10-5-11-26-21-18(24)14-8-3-4-9-15(14)19(21)25/h1-4,6-9H,5,10-11H2. The van der Waals surface area contributed by atoms with Gasteiger partial charge in [0.2, 0.25) is 0 Å². The Morgan fingerprint density at radius 3 is 1.54 bits per heavy atom. The summed E-state index contributed by atoms with van der Waals surface area (Å²) in [4.78, 5) is 55.3. The molecule has 26 heavy (non-hydrogen) atoms. The number of carbonyl (C=O) groups is 4. The smallest absolute Gasteiger partial charge is 0.274 e. The summed E-state index contributed by atoms with van der Waals surface area (Å²) in [7, 11) is 0. The summed E-state index contributed by atoms with van der Waals surface area (Å²) < 4.78 is 0. The van der Waals surface area contributed by atoms with E-state index in [9.17, 15) is 19.2 Å². The van der Waals surface area contributed by atoms with Crippen molar-refractivity contribution in [1.82, 2.24) is 9.96 Å². The number of nitrogens with zero attached hydrogens (tertiary/aromatic N) is 2. The molecule has 2 aromatic rings. The lowest BCUT2D eigenvalue weighted by Gasteiger charge is -2.16. The number of fused-ring (bicyclic) bond motifs is 2. The lowest BCUT2D eigenvalue weighted by Crippen LogP contribution is -2.33. The molecule has 0 N–H and O–H groups in total. The van der Waals surface area contributed by atoms with Crippen molar-refractivity contribution < 1.29 is 24.0 Å². The molecule has 130 valence electrons. The largest absolute Gasteiger partial charge is 0.285 e. The van der Waals surface area contributed by atoms with Gasteiger partial charge in [0.25, 0.3) is 23.6 Å². The Labute approximate surface area is 148 Å². The zero-order chi connectivity index (χ0) is 18.3. The fourth-order valence-electron chi connectivity index (χ4n) is 3.11. The molecule has 2 heterocycles. The average Bonchev–Trinajstić information content (AvgIpc) is 3.06. The second kappa shape index (κ2) is 6.20. The van der Waals surface area contributed by atoms with Crippen molar-refractivity contribution in [2.75, 3.05) is 13.2 Å². The number of hydroxylamine groups is 2. The van der Waals surface area contributed by atoms with Crippen molar-refractivity contribution in [3.05, 3.63) is 70.8 Å². The maximum absolute atomic E-state index is 12.3. The van der Waals surface area contributed by atoms with E-state index in [4.69, 9.17) is 4.84 Å². The van der Waals surface area contributed by atoms with Crippen LogP contribution in [-0.2, 0) is 4.84 Å². The normalized spacial score (nSPS) is 15.7. The Morgan fingerprint density at radius 2 is 1.08 bits per heavy atom. The first-order valence-corrected chi connectivity index (χ1v) is 8.15. The molecule has 2 aliphatic rings. The van der Waals surface area contributed by atoms with Crippen LogP contribution in [0.4, 0.5) is 0 Å². The van der Waals surface area contributed by atoms with Crippen LogP contribution in [-0.4, -0.2) is 46.7 Å². The lowest BCUT2D eigenvalue weighted by molar-refractivity contribution is -0.0924. The summed E-state index contributed by atoms with van der Waals surface area (Å²) in [5.74, 6) is -1.70. The van der Waals surface area contributed by atoms with Gasteiger partial charge in [-0.15, -0.1) is 5.06 Å². The van der Waals surface area contributed by atoms with E-state index < -0.39 is 11.8 Å². The second-order valence-electron chi connectivity index (χ2n) is 5.94. The Bertz CT molecular complexity index is 805. The molecule has 2 aromatic carbocycles. The molecular formula is C19H14N2O5. The minimum Gasteiger partial charge on any atom is -0.274 e. The van der Waals surface area contributed by atoms with Crippen molar-refractivity contribution in [3.8, 4) is 0 Å². The van der Waals surface area contributed by atoms with Gasteiger partial charge in [-0.3, -0.25) is 28.9 Å². The summed E-state index contributed by atoms with van der Waals surface area (Å²) in [6.07, 6.45) is 0.304. The van der Waals surface area contributed by atoms with Gasteiger partial charge >= 0.3 is 0 Å². The summed E-state index contributed by atoms with van der Waals surface area (Å²) >= 11 is 0. The van der Waals surface area contributed by atoms with Crippen LogP contribution >= 0.6 is 0 Å². The van der Waals surface area contributed by atoms with Crippen LogP contribution in [0.5, 0.6) is 0 Å². The van der Waals surface area contributed by atoms with Gasteiger partial charge in [0.1, 0.15) is 0 Å². The average molecular weight is 350 g/mol. The first-order valence-electron chi connectivity index (χ1n) is 8.15. The molecule has 0 aromatic heterocycles. The third-order valence-corrected chi connectivity index (χ3v) is 4.38. The highest BCUT2D eigenvalue weighted by Gasteiger charge is 2.37. The lowest BCUT2D eigenvalue weighted by atomic mass is 10.1. The van der Waals surface area contributed by atoms with Gasteiger partial charge in [-0.1, -0.05) is 24.3 Å². The molecule has 0 fully saturated rings. The van der Waals surface area contributed by atoms with Gasteiger partial charge in [0, 0.05) is 6.54 Å². The van der Waals surface area contributed by atoms with E-state index in [0.29, 0.717) is 28.7 Å². The van der Waals surface area contributed by atoms with E-state index in [1.54, 1.807) is 48.5 Å². The highest BCUT2D eigenvalue weighted by molar-refractivity contribution is 6.21. The van der Waals surface area contributed by atoms with Gasteiger partial charge in [-0.2, -0.15) is 0 Å². The summed E-state index contributed by atoms with van der Waals surface area (Å²) in [5, 5.41) is 0.729. The molecule has 0 aliphatic carbocycles. The number of hydrogen-bond donors (Lipinski definition) is 0. The van der Waals surface area contributed by atoms with E-state index in [2.05, 4.69) is 0 Å². The third-order valence-electron chi connectivity index (χ3n) is 4.38. The van der Waals surface area contributed by atoms with Gasteiger partial charge in [0.05, 0.1) is 28.9 Å². The summed E-state index contributed by atoms with van der Waals surface area (Å²) in [6.45, 7) is 0.175. The van der Waals surface area contributed by atoms with Crippen LogP contribution in [0.2, 0.25) is 0 Å². The quantitative estimate of drug-likeness (QED) is 0.607.